The molecule has 2 fully saturated rings. The third-order valence-electron chi connectivity index (χ3n) is 10.4. The van der Waals surface area contributed by atoms with Gasteiger partial charge in [-0.05, 0) is 48.1 Å². The normalized spacial score (nSPS) is 31.9. The maximum atomic E-state index is 6.91. The van der Waals surface area contributed by atoms with Crippen molar-refractivity contribution in [3.63, 3.8) is 0 Å². The minimum absolute atomic E-state index is 0.112. The molecule has 7 rings (SSSR count). The molecule has 0 aromatic heterocycles. The van der Waals surface area contributed by atoms with Crippen LogP contribution in [-0.4, -0.2) is 51.0 Å². The Morgan fingerprint density at radius 3 is 2.08 bits per heavy atom. The Hall–Kier alpha value is -3.08. The van der Waals surface area contributed by atoms with Gasteiger partial charge in [-0.25, -0.2) is 0 Å². The molecular weight excluding hydrogens is 482 g/mol. The van der Waals surface area contributed by atoms with Crippen molar-refractivity contribution in [2.24, 2.45) is 5.41 Å². The highest BCUT2D eigenvalue weighted by atomic mass is 16.5. The van der Waals surface area contributed by atoms with Crippen molar-refractivity contribution < 1.29 is 14.2 Å². The van der Waals surface area contributed by atoms with Crippen LogP contribution in [0.15, 0.2) is 106 Å². The molecule has 1 saturated heterocycles. The zero-order valence-corrected chi connectivity index (χ0v) is 23.8. The molecule has 5 aliphatic rings. The van der Waals surface area contributed by atoms with Crippen LogP contribution in [0.25, 0.3) is 0 Å². The molecule has 39 heavy (non-hydrogen) atoms. The molecule has 1 heterocycles. The van der Waals surface area contributed by atoms with Gasteiger partial charge < -0.3 is 19.1 Å². The standard InChI is InChI=1S/C35H39NO3/c1-22-20-27-26(21-28(22)36-16-18-39-19-17-36)34(3)30-23(2)29(24-12-8-6-9-13-24)32(37-4)31(30)35(27,38-5)33(34)25-14-10-7-11-15-25/h6-15,29,33H,16-21H2,1-5H3/t29-,33+,34-,35-/m0/s1. The van der Waals surface area contributed by atoms with E-state index in [-0.39, 0.29) is 17.3 Å². The summed E-state index contributed by atoms with van der Waals surface area (Å²) >= 11 is 0. The second-order valence-electron chi connectivity index (χ2n) is 12.0. The highest BCUT2D eigenvalue weighted by Gasteiger charge is 2.73. The van der Waals surface area contributed by atoms with Crippen LogP contribution in [-0.2, 0) is 14.2 Å². The Bertz CT molecular complexity index is 1440. The monoisotopic (exact) mass is 521 g/mol. The Morgan fingerprint density at radius 2 is 1.46 bits per heavy atom. The van der Waals surface area contributed by atoms with E-state index in [1.54, 1.807) is 5.57 Å². The summed E-state index contributed by atoms with van der Waals surface area (Å²) in [6.07, 6.45) is 1.92. The molecule has 2 aromatic carbocycles. The number of hydrogen-bond acceptors (Lipinski definition) is 4. The van der Waals surface area contributed by atoms with E-state index in [2.05, 4.69) is 86.3 Å². The van der Waals surface area contributed by atoms with Gasteiger partial charge in [0.25, 0.3) is 0 Å². The molecule has 0 N–H and O–H groups in total. The predicted octanol–water partition coefficient (Wildman–Crippen LogP) is 6.90. The number of hydrogen-bond donors (Lipinski definition) is 0. The molecule has 0 amide bonds. The number of nitrogens with zero attached hydrogens (tertiary/aromatic N) is 1. The van der Waals surface area contributed by atoms with Gasteiger partial charge in [0.15, 0.2) is 0 Å². The van der Waals surface area contributed by atoms with E-state index >= 15 is 0 Å². The maximum absolute atomic E-state index is 6.91. The van der Waals surface area contributed by atoms with Crippen LogP contribution >= 0.6 is 0 Å². The van der Waals surface area contributed by atoms with Crippen LogP contribution in [0.5, 0.6) is 0 Å². The average Bonchev–Trinajstić information content (AvgIpc) is 3.50. The van der Waals surface area contributed by atoms with Crippen molar-refractivity contribution in [2.45, 2.75) is 51.0 Å². The molecule has 0 spiro atoms. The van der Waals surface area contributed by atoms with Crippen LogP contribution in [0.4, 0.5) is 0 Å². The smallest absolute Gasteiger partial charge is 0.126 e. The lowest BCUT2D eigenvalue weighted by Crippen LogP contribution is -2.40. The summed E-state index contributed by atoms with van der Waals surface area (Å²) < 4.78 is 19.0. The van der Waals surface area contributed by atoms with Gasteiger partial charge >= 0.3 is 0 Å². The summed E-state index contributed by atoms with van der Waals surface area (Å²) in [5.41, 5.74) is 12.0. The number of ether oxygens (including phenoxy) is 3. The van der Waals surface area contributed by atoms with Crippen LogP contribution in [0.3, 0.4) is 0 Å². The Kier molecular flexibility index (Phi) is 5.73. The molecule has 1 saturated carbocycles. The van der Waals surface area contributed by atoms with Crippen LogP contribution in [0.1, 0.15) is 56.6 Å². The lowest BCUT2D eigenvalue weighted by atomic mass is 9.67. The summed E-state index contributed by atoms with van der Waals surface area (Å²) in [6.45, 7) is 10.7. The summed E-state index contributed by atoms with van der Waals surface area (Å²) in [6, 6.07) is 21.9. The first-order valence-corrected chi connectivity index (χ1v) is 14.4. The van der Waals surface area contributed by atoms with E-state index in [0.717, 1.165) is 44.9 Å². The van der Waals surface area contributed by atoms with Gasteiger partial charge in [0, 0.05) is 49.2 Å². The van der Waals surface area contributed by atoms with Gasteiger partial charge in [-0.2, -0.15) is 0 Å². The molecule has 4 aliphatic carbocycles. The van der Waals surface area contributed by atoms with Gasteiger partial charge in [0.05, 0.1) is 26.2 Å². The number of allylic oxidation sites excluding steroid dienone is 3. The molecule has 4 heteroatoms. The van der Waals surface area contributed by atoms with Gasteiger partial charge in [-0.3, -0.25) is 0 Å². The largest absolute Gasteiger partial charge is 0.500 e. The van der Waals surface area contributed by atoms with Crippen LogP contribution < -0.4 is 0 Å². The van der Waals surface area contributed by atoms with Crippen LogP contribution in [0, 0.1) is 5.41 Å². The summed E-state index contributed by atoms with van der Waals surface area (Å²) in [4.78, 5) is 2.58. The Labute approximate surface area is 232 Å². The van der Waals surface area contributed by atoms with Crippen molar-refractivity contribution in [2.75, 3.05) is 40.5 Å². The van der Waals surface area contributed by atoms with E-state index < -0.39 is 5.60 Å². The number of fused-ring (bicyclic) bond motifs is 7. The van der Waals surface area contributed by atoms with Crippen molar-refractivity contribution in [3.05, 3.63) is 117 Å². The number of methoxy groups -OCH3 is 2. The van der Waals surface area contributed by atoms with Crippen molar-refractivity contribution in [3.8, 4) is 0 Å². The fraction of sp³-hybridized carbons (Fsp3) is 0.429. The fourth-order valence-corrected chi connectivity index (χ4v) is 8.98. The Morgan fingerprint density at radius 1 is 0.821 bits per heavy atom. The van der Waals surface area contributed by atoms with Gasteiger partial charge in [0.2, 0.25) is 0 Å². The third-order valence-corrected chi connectivity index (χ3v) is 10.4. The first-order valence-electron chi connectivity index (χ1n) is 14.4. The van der Waals surface area contributed by atoms with Gasteiger partial charge in [-0.15, -0.1) is 0 Å². The number of morpholine rings is 1. The molecule has 0 radical (unpaired) electrons. The second kappa shape index (κ2) is 8.97. The molecule has 4 atom stereocenters. The predicted molar refractivity (Wildman–Crippen MR) is 154 cm³/mol. The van der Waals surface area contributed by atoms with Gasteiger partial charge in [0.1, 0.15) is 11.4 Å². The first-order chi connectivity index (χ1) is 19.0. The zero-order chi connectivity index (χ0) is 26.9. The van der Waals surface area contributed by atoms with E-state index in [0.29, 0.717) is 0 Å². The zero-order valence-electron chi connectivity index (χ0n) is 23.8. The number of rotatable bonds is 5. The van der Waals surface area contributed by atoms with Crippen LogP contribution in [0.2, 0.25) is 0 Å². The minimum Gasteiger partial charge on any atom is -0.500 e. The SMILES string of the molecule is COC1=C2C(=C(C)[C@H]1c1ccccc1)[C@]1(C)C3=C(CC(C)=C(N4CCOCC4)C3)[C@@]2(OC)[C@@H]1c1ccccc1. The summed E-state index contributed by atoms with van der Waals surface area (Å²) in [7, 11) is 3.78. The van der Waals surface area contributed by atoms with E-state index in [9.17, 15) is 0 Å². The van der Waals surface area contributed by atoms with Gasteiger partial charge in [-0.1, -0.05) is 78.7 Å². The quantitative estimate of drug-likeness (QED) is 0.401. The third kappa shape index (κ3) is 3.13. The van der Waals surface area contributed by atoms with E-state index in [4.69, 9.17) is 14.2 Å². The van der Waals surface area contributed by atoms with Crippen molar-refractivity contribution >= 4 is 0 Å². The molecule has 0 unspecified atom stereocenters. The molecular formula is C35H39NO3. The fourth-order valence-electron chi connectivity index (χ4n) is 8.98. The van der Waals surface area contributed by atoms with Crippen molar-refractivity contribution in [1.82, 2.24) is 4.90 Å². The lowest BCUT2D eigenvalue weighted by molar-refractivity contribution is 0.0347. The molecule has 1 aliphatic heterocycles. The average molecular weight is 522 g/mol. The molecule has 2 bridgehead atoms. The lowest BCUT2D eigenvalue weighted by Gasteiger charge is -2.41. The second-order valence-corrected chi connectivity index (χ2v) is 12.0. The molecule has 2 aromatic rings. The molecule has 4 nitrogen and oxygen atoms in total. The topological polar surface area (TPSA) is 30.9 Å². The molecule has 202 valence electrons. The highest BCUT2D eigenvalue weighted by Crippen LogP contribution is 2.78. The summed E-state index contributed by atoms with van der Waals surface area (Å²) in [5, 5.41) is 0. The van der Waals surface area contributed by atoms with E-state index in [1.807, 2.05) is 14.2 Å². The first kappa shape index (κ1) is 24.9. The Balaban J connectivity index is 1.48. The van der Waals surface area contributed by atoms with Crippen molar-refractivity contribution in [1.29, 1.82) is 0 Å². The minimum atomic E-state index is -0.547. The number of benzene rings is 2. The van der Waals surface area contributed by atoms with E-state index in [1.165, 1.54) is 44.7 Å². The maximum Gasteiger partial charge on any atom is 0.126 e. The summed E-state index contributed by atoms with van der Waals surface area (Å²) in [5.74, 6) is 1.34. The highest BCUT2D eigenvalue weighted by molar-refractivity contribution is 5.77.